The molecule has 2 unspecified atom stereocenters. The van der Waals surface area contributed by atoms with Crippen molar-refractivity contribution in [3.05, 3.63) is 70.0 Å². The number of thioether (sulfide) groups is 1. The van der Waals surface area contributed by atoms with Crippen molar-refractivity contribution in [2.45, 2.75) is 68.9 Å². The first kappa shape index (κ1) is 21.6. The molecule has 1 amide bonds. The van der Waals surface area contributed by atoms with Crippen LogP contribution in [0.5, 0.6) is 0 Å². The predicted molar refractivity (Wildman–Crippen MR) is 126 cm³/mol. The van der Waals surface area contributed by atoms with Crippen LogP contribution < -0.4 is 10.9 Å². The lowest BCUT2D eigenvalue weighted by molar-refractivity contribution is -0.121. The second-order valence-electron chi connectivity index (χ2n) is 8.13. The van der Waals surface area contributed by atoms with Crippen molar-refractivity contribution in [3.63, 3.8) is 0 Å². The fraction of sp³-hybridized carbons (Fsp3) is 0.400. The first-order chi connectivity index (χ1) is 15.1. The third-order valence-corrected chi connectivity index (χ3v) is 6.99. The second-order valence-corrected chi connectivity index (χ2v) is 9.44. The van der Waals surface area contributed by atoms with Gasteiger partial charge in [0.05, 0.1) is 22.2 Å². The Morgan fingerprint density at radius 2 is 2.00 bits per heavy atom. The molecule has 2 atom stereocenters. The Hall–Kier alpha value is -2.60. The van der Waals surface area contributed by atoms with Crippen molar-refractivity contribution < 1.29 is 4.79 Å². The average molecular weight is 436 g/mol. The second kappa shape index (κ2) is 9.69. The molecule has 162 valence electrons. The summed E-state index contributed by atoms with van der Waals surface area (Å²) in [5.41, 5.74) is 3.19. The van der Waals surface area contributed by atoms with Crippen molar-refractivity contribution in [1.82, 2.24) is 14.9 Å². The largest absolute Gasteiger partial charge is 0.348 e. The van der Waals surface area contributed by atoms with Crippen LogP contribution in [0.3, 0.4) is 0 Å². The number of carbonyl (C=O) groups excluding carboxylic acids is 1. The van der Waals surface area contributed by atoms with Crippen molar-refractivity contribution >= 4 is 28.6 Å². The molecule has 4 rings (SSSR count). The zero-order valence-corrected chi connectivity index (χ0v) is 19.0. The van der Waals surface area contributed by atoms with Gasteiger partial charge in [0.25, 0.3) is 5.56 Å². The topological polar surface area (TPSA) is 64.0 Å². The van der Waals surface area contributed by atoms with Crippen LogP contribution in [0.15, 0.2) is 58.5 Å². The lowest BCUT2D eigenvalue weighted by Crippen LogP contribution is -2.36. The van der Waals surface area contributed by atoms with Gasteiger partial charge in [-0.3, -0.25) is 14.2 Å². The highest BCUT2D eigenvalue weighted by molar-refractivity contribution is 8.00. The Morgan fingerprint density at radius 3 is 2.84 bits per heavy atom. The van der Waals surface area contributed by atoms with Gasteiger partial charge in [0.2, 0.25) is 5.91 Å². The average Bonchev–Trinajstić information content (AvgIpc) is 2.79. The number of nitrogens with zero attached hydrogens (tertiary/aromatic N) is 2. The molecular formula is C25H29N3O2S. The van der Waals surface area contributed by atoms with Gasteiger partial charge >= 0.3 is 0 Å². The van der Waals surface area contributed by atoms with E-state index in [4.69, 9.17) is 4.98 Å². The number of amides is 1. The van der Waals surface area contributed by atoms with Gasteiger partial charge in [-0.1, -0.05) is 61.5 Å². The summed E-state index contributed by atoms with van der Waals surface area (Å²) in [6, 6.07) is 15.8. The molecule has 1 aliphatic rings. The summed E-state index contributed by atoms with van der Waals surface area (Å²) >= 11 is 1.37. The normalized spacial score (nSPS) is 16.6. The Balaban J connectivity index is 1.56. The van der Waals surface area contributed by atoms with Crippen LogP contribution in [0, 0.1) is 0 Å². The van der Waals surface area contributed by atoms with Gasteiger partial charge in [-0.25, -0.2) is 4.98 Å². The first-order valence-corrected chi connectivity index (χ1v) is 12.0. The molecule has 6 heteroatoms. The Bertz CT molecular complexity index is 1140. The van der Waals surface area contributed by atoms with E-state index in [1.54, 1.807) is 4.57 Å². The summed E-state index contributed by atoms with van der Waals surface area (Å²) in [4.78, 5) is 30.9. The van der Waals surface area contributed by atoms with E-state index in [0.29, 0.717) is 22.6 Å². The first-order valence-electron chi connectivity index (χ1n) is 11.1. The molecule has 1 N–H and O–H groups in total. The number of aryl methyl sites for hydroxylation is 1. The number of fused-ring (bicyclic) bond motifs is 2. The standard InChI is InChI=1S/C25H29N3O2S/c1-3-4-16-28-24(30)20-13-7-8-14-22(20)27-25(28)31-17(2)23(29)26-21-15-9-11-18-10-5-6-12-19(18)21/h5-8,10,12-14,17,21H,3-4,9,11,15-16H2,1-2H3,(H,26,29). The maximum absolute atomic E-state index is 13.1. The highest BCUT2D eigenvalue weighted by atomic mass is 32.2. The summed E-state index contributed by atoms with van der Waals surface area (Å²) in [5.74, 6) is -0.0175. The van der Waals surface area contributed by atoms with E-state index >= 15 is 0 Å². The summed E-state index contributed by atoms with van der Waals surface area (Å²) in [6.45, 7) is 4.60. The Morgan fingerprint density at radius 1 is 1.23 bits per heavy atom. The minimum Gasteiger partial charge on any atom is -0.348 e. The van der Waals surface area contributed by atoms with Gasteiger partial charge in [0, 0.05) is 6.54 Å². The quantitative estimate of drug-likeness (QED) is 0.425. The van der Waals surface area contributed by atoms with E-state index in [1.165, 1.54) is 22.9 Å². The summed E-state index contributed by atoms with van der Waals surface area (Å²) in [7, 11) is 0. The molecule has 1 aliphatic carbocycles. The summed E-state index contributed by atoms with van der Waals surface area (Å²) in [5, 5.41) is 4.12. The molecule has 31 heavy (non-hydrogen) atoms. The zero-order chi connectivity index (χ0) is 21.8. The van der Waals surface area contributed by atoms with Crippen LogP contribution in [0.1, 0.15) is 56.7 Å². The maximum atomic E-state index is 13.1. The van der Waals surface area contributed by atoms with Crippen molar-refractivity contribution in [3.8, 4) is 0 Å². The SMILES string of the molecule is CCCCn1c(SC(C)C(=O)NC2CCCc3ccccc32)nc2ccccc2c1=O. The number of hydrogen-bond donors (Lipinski definition) is 1. The molecule has 5 nitrogen and oxygen atoms in total. The lowest BCUT2D eigenvalue weighted by Gasteiger charge is -2.27. The van der Waals surface area contributed by atoms with E-state index in [1.807, 2.05) is 37.3 Å². The molecule has 0 radical (unpaired) electrons. The third kappa shape index (κ3) is 4.69. The summed E-state index contributed by atoms with van der Waals surface area (Å²) < 4.78 is 1.73. The third-order valence-electron chi connectivity index (χ3n) is 5.90. The van der Waals surface area contributed by atoms with E-state index in [0.717, 1.165) is 32.1 Å². The number of carbonyl (C=O) groups is 1. The highest BCUT2D eigenvalue weighted by Gasteiger charge is 2.25. The molecule has 0 aliphatic heterocycles. The van der Waals surface area contributed by atoms with Crippen LogP contribution in [0.2, 0.25) is 0 Å². The fourth-order valence-electron chi connectivity index (χ4n) is 4.16. The molecule has 3 aromatic rings. The smallest absolute Gasteiger partial charge is 0.262 e. The van der Waals surface area contributed by atoms with Gasteiger partial charge in [0.15, 0.2) is 5.16 Å². The van der Waals surface area contributed by atoms with Gasteiger partial charge in [-0.2, -0.15) is 0 Å². The number of para-hydroxylation sites is 1. The summed E-state index contributed by atoms with van der Waals surface area (Å²) in [6.07, 6.45) is 4.98. The maximum Gasteiger partial charge on any atom is 0.262 e. The lowest BCUT2D eigenvalue weighted by atomic mass is 9.88. The van der Waals surface area contributed by atoms with Crippen LogP contribution in [-0.4, -0.2) is 20.7 Å². The van der Waals surface area contributed by atoms with Crippen LogP contribution >= 0.6 is 11.8 Å². The van der Waals surface area contributed by atoms with Crippen molar-refractivity contribution in [1.29, 1.82) is 0 Å². The number of rotatable bonds is 7. The molecule has 0 saturated carbocycles. The van der Waals surface area contributed by atoms with E-state index in [2.05, 4.69) is 30.4 Å². The van der Waals surface area contributed by atoms with Gasteiger partial charge in [-0.05, 0) is 55.9 Å². The van der Waals surface area contributed by atoms with Crippen LogP contribution in [-0.2, 0) is 17.8 Å². The molecule has 2 aromatic carbocycles. The van der Waals surface area contributed by atoms with Gasteiger partial charge < -0.3 is 5.32 Å². The van der Waals surface area contributed by atoms with Gasteiger partial charge in [0.1, 0.15) is 0 Å². The number of benzene rings is 2. The van der Waals surface area contributed by atoms with E-state index in [9.17, 15) is 9.59 Å². The van der Waals surface area contributed by atoms with Crippen LogP contribution in [0.4, 0.5) is 0 Å². The molecule has 1 heterocycles. The monoisotopic (exact) mass is 435 g/mol. The van der Waals surface area contributed by atoms with Crippen molar-refractivity contribution in [2.75, 3.05) is 0 Å². The number of hydrogen-bond acceptors (Lipinski definition) is 4. The predicted octanol–water partition coefficient (Wildman–Crippen LogP) is 4.87. The van der Waals surface area contributed by atoms with E-state index < -0.39 is 0 Å². The number of nitrogens with one attached hydrogen (secondary N) is 1. The Labute approximate surface area is 187 Å². The minimum atomic E-state index is -0.352. The molecule has 0 saturated heterocycles. The highest BCUT2D eigenvalue weighted by Crippen LogP contribution is 2.30. The van der Waals surface area contributed by atoms with E-state index in [-0.39, 0.29) is 22.8 Å². The molecule has 0 spiro atoms. The zero-order valence-electron chi connectivity index (χ0n) is 18.1. The Kier molecular flexibility index (Phi) is 6.76. The molecule has 0 bridgehead atoms. The fourth-order valence-corrected chi connectivity index (χ4v) is 5.10. The number of unbranched alkanes of at least 4 members (excludes halogenated alkanes) is 1. The van der Waals surface area contributed by atoms with Gasteiger partial charge in [-0.15, -0.1) is 0 Å². The van der Waals surface area contributed by atoms with Crippen LogP contribution in [0.25, 0.3) is 10.9 Å². The molecular weight excluding hydrogens is 406 g/mol. The molecule has 1 aromatic heterocycles. The van der Waals surface area contributed by atoms with Crippen molar-refractivity contribution in [2.24, 2.45) is 0 Å². The number of aromatic nitrogens is 2. The minimum absolute atomic E-state index is 0.0175. The molecule has 0 fully saturated rings.